The molecule has 0 atom stereocenters. The number of esters is 1. The van der Waals surface area contributed by atoms with E-state index in [9.17, 15) is 9.18 Å². The predicted octanol–water partition coefficient (Wildman–Crippen LogP) is 3.95. The molecule has 0 spiro atoms. The molecule has 4 nitrogen and oxygen atoms in total. The predicted molar refractivity (Wildman–Crippen MR) is 78.4 cm³/mol. The number of benzene rings is 2. The van der Waals surface area contributed by atoms with Crippen LogP contribution in [0.15, 0.2) is 30.3 Å². The van der Waals surface area contributed by atoms with Gasteiger partial charge in [0.05, 0.1) is 12.1 Å². The van der Waals surface area contributed by atoms with Crippen molar-refractivity contribution in [2.45, 2.75) is 6.92 Å². The van der Waals surface area contributed by atoms with Crippen LogP contribution in [0, 0.1) is 12.7 Å². The number of nitrogen functional groups attached to an aromatic ring is 1. The summed E-state index contributed by atoms with van der Waals surface area (Å²) in [5.74, 6) is -0.770. The Hall–Kier alpha value is -2.27. The van der Waals surface area contributed by atoms with Crippen LogP contribution in [0.3, 0.4) is 0 Å². The molecule has 0 aromatic heterocycles. The topological polar surface area (TPSA) is 61.5 Å². The molecule has 2 rings (SSSR count). The molecular formula is C15H13ClFNO3. The highest BCUT2D eigenvalue weighted by atomic mass is 35.5. The van der Waals surface area contributed by atoms with E-state index in [1.807, 2.05) is 0 Å². The Kier molecular flexibility index (Phi) is 4.33. The second-order valence-electron chi connectivity index (χ2n) is 4.38. The van der Waals surface area contributed by atoms with E-state index >= 15 is 0 Å². The molecule has 0 aliphatic heterocycles. The molecule has 2 aromatic carbocycles. The molecule has 0 saturated heterocycles. The number of carbonyl (C=O) groups is 1. The molecule has 0 saturated carbocycles. The molecule has 110 valence electrons. The van der Waals surface area contributed by atoms with Crippen LogP contribution >= 0.6 is 11.6 Å². The fourth-order valence-corrected chi connectivity index (χ4v) is 2.04. The second kappa shape index (κ2) is 6.01. The highest BCUT2D eigenvalue weighted by Crippen LogP contribution is 2.36. The van der Waals surface area contributed by atoms with Crippen LogP contribution in [-0.2, 0) is 4.74 Å². The Balaban J connectivity index is 2.53. The van der Waals surface area contributed by atoms with Crippen molar-refractivity contribution in [3.8, 4) is 11.5 Å². The smallest absolute Gasteiger partial charge is 0.341 e. The molecule has 0 aliphatic rings. The van der Waals surface area contributed by atoms with Gasteiger partial charge in [0.1, 0.15) is 17.1 Å². The number of carbonyl (C=O) groups excluding carboxylic acids is 1. The highest BCUT2D eigenvalue weighted by molar-refractivity contribution is 6.33. The first-order chi connectivity index (χ1) is 9.92. The number of anilines is 1. The average Bonchev–Trinajstić information content (AvgIpc) is 2.44. The Morgan fingerprint density at radius 1 is 1.29 bits per heavy atom. The summed E-state index contributed by atoms with van der Waals surface area (Å²) in [7, 11) is 1.23. The number of rotatable bonds is 3. The van der Waals surface area contributed by atoms with Gasteiger partial charge in [0.25, 0.3) is 0 Å². The molecule has 0 amide bonds. The highest BCUT2D eigenvalue weighted by Gasteiger charge is 2.19. The minimum Gasteiger partial charge on any atom is -0.465 e. The summed E-state index contributed by atoms with van der Waals surface area (Å²) in [5, 5.41) is 0.138. The van der Waals surface area contributed by atoms with Crippen LogP contribution in [0.2, 0.25) is 5.02 Å². The molecule has 0 radical (unpaired) electrons. The fraction of sp³-hybridized carbons (Fsp3) is 0.133. The van der Waals surface area contributed by atoms with E-state index in [2.05, 4.69) is 4.74 Å². The number of halogens is 2. The van der Waals surface area contributed by atoms with Gasteiger partial charge in [0, 0.05) is 11.8 Å². The van der Waals surface area contributed by atoms with Crippen LogP contribution in [-0.4, -0.2) is 13.1 Å². The zero-order chi connectivity index (χ0) is 15.6. The lowest BCUT2D eigenvalue weighted by molar-refractivity contribution is 0.0598. The maximum Gasteiger partial charge on any atom is 0.341 e. The lowest BCUT2D eigenvalue weighted by Crippen LogP contribution is -2.06. The molecule has 0 bridgehead atoms. The second-order valence-corrected chi connectivity index (χ2v) is 4.79. The van der Waals surface area contributed by atoms with Crippen LogP contribution in [0.4, 0.5) is 10.1 Å². The van der Waals surface area contributed by atoms with E-state index in [0.29, 0.717) is 11.3 Å². The number of nitrogens with two attached hydrogens (primary N) is 1. The van der Waals surface area contributed by atoms with Gasteiger partial charge in [-0.25, -0.2) is 9.18 Å². The largest absolute Gasteiger partial charge is 0.465 e. The number of hydrogen-bond donors (Lipinski definition) is 1. The van der Waals surface area contributed by atoms with Gasteiger partial charge < -0.3 is 15.2 Å². The van der Waals surface area contributed by atoms with Crippen molar-refractivity contribution in [1.82, 2.24) is 0 Å². The minimum absolute atomic E-state index is 0.0751. The summed E-state index contributed by atoms with van der Waals surface area (Å²) in [6, 6.07) is 6.92. The minimum atomic E-state index is -0.645. The lowest BCUT2D eigenvalue weighted by Gasteiger charge is -2.14. The first-order valence-electron chi connectivity index (χ1n) is 6.03. The zero-order valence-electron chi connectivity index (χ0n) is 11.4. The summed E-state index contributed by atoms with van der Waals surface area (Å²) in [5.41, 5.74) is 6.73. The Morgan fingerprint density at radius 2 is 2.00 bits per heavy atom. The molecule has 0 aliphatic carbocycles. The third kappa shape index (κ3) is 3.25. The van der Waals surface area contributed by atoms with E-state index in [0.717, 1.165) is 0 Å². The summed E-state index contributed by atoms with van der Waals surface area (Å²) < 4.78 is 23.6. The molecule has 2 aromatic rings. The van der Waals surface area contributed by atoms with Crippen molar-refractivity contribution in [2.75, 3.05) is 12.8 Å². The summed E-state index contributed by atoms with van der Waals surface area (Å²) in [6.07, 6.45) is 0. The van der Waals surface area contributed by atoms with Gasteiger partial charge in [0.15, 0.2) is 5.75 Å². The van der Waals surface area contributed by atoms with Crippen molar-refractivity contribution in [1.29, 1.82) is 0 Å². The van der Waals surface area contributed by atoms with Gasteiger partial charge in [-0.15, -0.1) is 0 Å². The van der Waals surface area contributed by atoms with Crippen LogP contribution in [0.25, 0.3) is 0 Å². The molecular weight excluding hydrogens is 297 g/mol. The molecule has 21 heavy (non-hydrogen) atoms. The third-order valence-electron chi connectivity index (χ3n) is 2.83. The maximum absolute atomic E-state index is 13.3. The van der Waals surface area contributed by atoms with Gasteiger partial charge in [-0.2, -0.15) is 0 Å². The van der Waals surface area contributed by atoms with Crippen molar-refractivity contribution in [2.24, 2.45) is 0 Å². The number of aryl methyl sites for hydroxylation is 1. The third-order valence-corrected chi connectivity index (χ3v) is 3.11. The Bertz CT molecular complexity index is 704. The van der Waals surface area contributed by atoms with Crippen LogP contribution in [0.5, 0.6) is 11.5 Å². The van der Waals surface area contributed by atoms with Crippen molar-refractivity contribution < 1.29 is 18.7 Å². The van der Waals surface area contributed by atoms with Gasteiger partial charge in [-0.05, 0) is 30.7 Å². The molecule has 0 unspecified atom stereocenters. The van der Waals surface area contributed by atoms with E-state index < -0.39 is 11.8 Å². The van der Waals surface area contributed by atoms with Crippen molar-refractivity contribution >= 4 is 23.3 Å². The van der Waals surface area contributed by atoms with Gasteiger partial charge in [-0.1, -0.05) is 17.7 Å². The summed E-state index contributed by atoms with van der Waals surface area (Å²) in [6.45, 7) is 1.75. The van der Waals surface area contributed by atoms with Gasteiger partial charge in [0.2, 0.25) is 0 Å². The van der Waals surface area contributed by atoms with Crippen LogP contribution < -0.4 is 10.5 Å². The first kappa shape index (κ1) is 15.1. The van der Waals surface area contributed by atoms with E-state index in [-0.39, 0.29) is 22.1 Å². The maximum atomic E-state index is 13.3. The first-order valence-corrected chi connectivity index (χ1v) is 6.41. The van der Waals surface area contributed by atoms with Gasteiger partial charge in [-0.3, -0.25) is 0 Å². The summed E-state index contributed by atoms with van der Waals surface area (Å²) >= 11 is 6.07. The van der Waals surface area contributed by atoms with Gasteiger partial charge >= 0.3 is 5.97 Å². The zero-order valence-corrected chi connectivity index (χ0v) is 12.2. The normalized spacial score (nSPS) is 10.3. The quantitative estimate of drug-likeness (QED) is 0.689. The number of hydrogen-bond acceptors (Lipinski definition) is 4. The number of ether oxygens (including phenoxy) is 2. The van der Waals surface area contributed by atoms with Crippen LogP contribution in [0.1, 0.15) is 15.9 Å². The monoisotopic (exact) mass is 309 g/mol. The Morgan fingerprint density at radius 3 is 2.67 bits per heavy atom. The standard InChI is InChI=1S/C15H13ClFNO3/c1-8-3-4-9(17)5-13(8)21-14-11(15(19)20-2)6-10(18)7-12(14)16/h3-7H,18H2,1-2H3. The molecule has 0 fully saturated rings. The van der Waals surface area contributed by atoms with E-state index in [1.165, 1.54) is 31.4 Å². The average molecular weight is 310 g/mol. The van der Waals surface area contributed by atoms with Crippen molar-refractivity contribution in [3.63, 3.8) is 0 Å². The molecule has 2 N–H and O–H groups in total. The Labute approximate surface area is 126 Å². The lowest BCUT2D eigenvalue weighted by atomic mass is 10.1. The van der Waals surface area contributed by atoms with Crippen molar-refractivity contribution in [3.05, 3.63) is 52.3 Å². The SMILES string of the molecule is COC(=O)c1cc(N)cc(Cl)c1Oc1cc(F)ccc1C. The van der Waals surface area contributed by atoms with E-state index in [1.54, 1.807) is 13.0 Å². The summed E-state index contributed by atoms with van der Waals surface area (Å²) in [4.78, 5) is 11.8. The molecule has 6 heteroatoms. The number of methoxy groups -OCH3 is 1. The van der Waals surface area contributed by atoms with E-state index in [4.69, 9.17) is 22.1 Å². The fourth-order valence-electron chi connectivity index (χ4n) is 1.77. The molecule has 0 heterocycles.